The van der Waals surface area contributed by atoms with Crippen LogP contribution in [0.4, 0.5) is 8.78 Å². The smallest absolute Gasteiger partial charge is 0.379 e. The van der Waals surface area contributed by atoms with Gasteiger partial charge in [0.05, 0.1) is 16.1 Å². The Labute approximate surface area is 135 Å². The number of hydrogen-bond donors (Lipinski definition) is 1. The van der Waals surface area contributed by atoms with Crippen molar-refractivity contribution in [3.05, 3.63) is 46.7 Å². The number of aliphatic hydroxyl groups is 1. The Bertz CT molecular complexity index is 902. The highest BCUT2D eigenvalue weighted by molar-refractivity contribution is 7.92. The number of pyridine rings is 1. The fourth-order valence-electron chi connectivity index (χ4n) is 2.41. The summed E-state index contributed by atoms with van der Waals surface area (Å²) >= 11 is 5.78. The number of sulfone groups is 1. The lowest BCUT2D eigenvalue weighted by Crippen LogP contribution is -2.28. The third-order valence-electron chi connectivity index (χ3n) is 3.57. The molecule has 1 N–H and O–H groups in total. The van der Waals surface area contributed by atoms with Gasteiger partial charge >= 0.3 is 5.25 Å². The summed E-state index contributed by atoms with van der Waals surface area (Å²) in [6.07, 6.45) is 0.310. The van der Waals surface area contributed by atoms with E-state index in [1.165, 1.54) is 31.5 Å². The van der Waals surface area contributed by atoms with Crippen LogP contribution < -0.4 is 4.74 Å². The van der Waals surface area contributed by atoms with Gasteiger partial charge in [-0.15, -0.1) is 0 Å². The molecule has 1 aromatic heterocycles. The molecule has 1 aromatic carbocycles. The van der Waals surface area contributed by atoms with Gasteiger partial charge in [-0.25, -0.2) is 8.42 Å². The zero-order chi connectivity index (χ0) is 17.0. The number of rotatable bonds is 2. The molecule has 1 atom stereocenters. The van der Waals surface area contributed by atoms with Crippen molar-refractivity contribution in [1.29, 1.82) is 0 Å². The number of ether oxygens (including phenoxy) is 1. The molecule has 1 aliphatic heterocycles. The van der Waals surface area contributed by atoms with Gasteiger partial charge in [0.1, 0.15) is 11.5 Å². The van der Waals surface area contributed by atoms with Gasteiger partial charge in [0.25, 0.3) is 0 Å². The molecule has 0 amide bonds. The van der Waals surface area contributed by atoms with Gasteiger partial charge in [-0.05, 0) is 24.6 Å². The largest absolute Gasteiger partial charge is 0.455 e. The lowest BCUT2D eigenvalue weighted by molar-refractivity contribution is -0.0378. The van der Waals surface area contributed by atoms with Gasteiger partial charge in [-0.2, -0.15) is 8.78 Å². The molecule has 0 radical (unpaired) electrons. The minimum atomic E-state index is -4.92. The molecule has 0 spiro atoms. The Balaban J connectivity index is 2.11. The van der Waals surface area contributed by atoms with Crippen LogP contribution in [0.5, 0.6) is 11.5 Å². The molecule has 0 saturated carbocycles. The molecule has 0 fully saturated rings. The first kappa shape index (κ1) is 16.1. The second-order valence-corrected chi connectivity index (χ2v) is 7.44. The fraction of sp³-hybridized carbons (Fsp3) is 0.214. The summed E-state index contributed by atoms with van der Waals surface area (Å²) < 4.78 is 56.7. The molecule has 122 valence electrons. The molecule has 2 heterocycles. The van der Waals surface area contributed by atoms with Gasteiger partial charge in [0.15, 0.2) is 6.10 Å². The van der Waals surface area contributed by atoms with Crippen molar-refractivity contribution in [1.82, 2.24) is 4.98 Å². The first-order valence-electron chi connectivity index (χ1n) is 6.38. The zero-order valence-corrected chi connectivity index (χ0v) is 13.2. The zero-order valence-electron chi connectivity index (χ0n) is 11.6. The van der Waals surface area contributed by atoms with Crippen molar-refractivity contribution in [3.63, 3.8) is 0 Å². The van der Waals surface area contributed by atoms with E-state index in [2.05, 4.69) is 4.98 Å². The highest BCUT2D eigenvalue weighted by Gasteiger charge is 2.61. The second kappa shape index (κ2) is 5.12. The number of alkyl halides is 2. The predicted molar refractivity (Wildman–Crippen MR) is 77.6 cm³/mol. The average Bonchev–Trinajstić information content (AvgIpc) is 2.60. The molecular formula is C14H10ClF2NO4S. The van der Waals surface area contributed by atoms with E-state index in [1.807, 2.05) is 0 Å². The van der Waals surface area contributed by atoms with E-state index >= 15 is 0 Å². The first-order chi connectivity index (χ1) is 10.7. The Kier molecular flexibility index (Phi) is 3.58. The lowest BCUT2D eigenvalue weighted by Gasteiger charge is -2.14. The molecule has 1 aliphatic rings. The van der Waals surface area contributed by atoms with Gasteiger partial charge in [0.2, 0.25) is 9.84 Å². The highest BCUT2D eigenvalue weighted by Crippen LogP contribution is 2.51. The van der Waals surface area contributed by atoms with E-state index in [1.54, 1.807) is 0 Å². The molecule has 23 heavy (non-hydrogen) atoms. The number of hydrogen-bond acceptors (Lipinski definition) is 5. The summed E-state index contributed by atoms with van der Waals surface area (Å²) in [4.78, 5) is 3.23. The van der Waals surface area contributed by atoms with E-state index in [-0.39, 0.29) is 22.6 Å². The molecule has 5 nitrogen and oxygen atoms in total. The monoisotopic (exact) mass is 361 g/mol. The van der Waals surface area contributed by atoms with Crippen LogP contribution in [-0.4, -0.2) is 23.8 Å². The molecule has 1 unspecified atom stereocenters. The second-order valence-electron chi connectivity index (χ2n) is 5.01. The molecule has 3 rings (SSSR count). The quantitative estimate of drug-likeness (QED) is 0.888. The van der Waals surface area contributed by atoms with Crippen molar-refractivity contribution < 1.29 is 27.0 Å². The van der Waals surface area contributed by atoms with E-state index in [9.17, 15) is 22.3 Å². The van der Waals surface area contributed by atoms with Gasteiger partial charge < -0.3 is 9.84 Å². The number of aliphatic hydroxyl groups excluding tert-OH is 1. The van der Waals surface area contributed by atoms with Crippen LogP contribution in [0.3, 0.4) is 0 Å². The fourth-order valence-corrected chi connectivity index (χ4v) is 4.08. The van der Waals surface area contributed by atoms with Crippen molar-refractivity contribution in [2.45, 2.75) is 23.2 Å². The molecule has 0 bridgehead atoms. The van der Waals surface area contributed by atoms with Crippen molar-refractivity contribution in [2.24, 2.45) is 0 Å². The Morgan fingerprint density at radius 3 is 2.70 bits per heavy atom. The standard InChI is InChI=1S/C14H10ClF2NO4S/c1-7-10(22-9-4-8(15)5-18-6-9)2-3-11-12(7)13(19)14(16,17)23(11,20)21/h2-6,13,19H,1H3. The molecule has 0 saturated heterocycles. The Hall–Kier alpha value is -1.77. The van der Waals surface area contributed by atoms with Crippen molar-refractivity contribution in [2.75, 3.05) is 0 Å². The van der Waals surface area contributed by atoms with E-state index in [4.69, 9.17) is 16.3 Å². The Morgan fingerprint density at radius 2 is 2.04 bits per heavy atom. The van der Waals surface area contributed by atoms with Crippen LogP contribution in [0.2, 0.25) is 5.02 Å². The number of fused-ring (bicyclic) bond motifs is 1. The third-order valence-corrected chi connectivity index (χ3v) is 5.65. The van der Waals surface area contributed by atoms with Crippen molar-refractivity contribution in [3.8, 4) is 11.5 Å². The number of benzene rings is 1. The predicted octanol–water partition coefficient (Wildman–Crippen LogP) is 3.25. The van der Waals surface area contributed by atoms with Crippen LogP contribution >= 0.6 is 11.6 Å². The highest BCUT2D eigenvalue weighted by atomic mass is 35.5. The van der Waals surface area contributed by atoms with E-state index < -0.39 is 26.1 Å². The van der Waals surface area contributed by atoms with Gasteiger partial charge in [-0.3, -0.25) is 4.98 Å². The summed E-state index contributed by atoms with van der Waals surface area (Å²) in [5, 5.41) is 5.79. The number of halogens is 3. The summed E-state index contributed by atoms with van der Waals surface area (Å²) in [6, 6.07) is 3.71. The topological polar surface area (TPSA) is 76.5 Å². The van der Waals surface area contributed by atoms with Crippen LogP contribution in [0, 0.1) is 6.92 Å². The SMILES string of the molecule is Cc1c(Oc2cncc(Cl)c2)ccc2c1C(O)C(F)(F)S2(=O)=O. The summed E-state index contributed by atoms with van der Waals surface area (Å²) in [5.74, 6) is 0.377. The number of aromatic nitrogens is 1. The minimum absolute atomic E-state index is 0.107. The summed E-state index contributed by atoms with van der Waals surface area (Å²) in [5.41, 5.74) is -0.252. The lowest BCUT2D eigenvalue weighted by atomic mass is 10.0. The van der Waals surface area contributed by atoms with Gasteiger partial charge in [0, 0.05) is 17.8 Å². The molecule has 2 aromatic rings. The molecular weight excluding hydrogens is 352 g/mol. The third kappa shape index (κ3) is 2.29. The summed E-state index contributed by atoms with van der Waals surface area (Å²) in [7, 11) is -4.92. The van der Waals surface area contributed by atoms with E-state index in [0.29, 0.717) is 5.02 Å². The minimum Gasteiger partial charge on any atom is -0.455 e. The maximum atomic E-state index is 13.8. The van der Waals surface area contributed by atoms with Crippen LogP contribution in [0.25, 0.3) is 0 Å². The van der Waals surface area contributed by atoms with Crippen molar-refractivity contribution >= 4 is 21.4 Å². The van der Waals surface area contributed by atoms with Crippen LogP contribution in [-0.2, 0) is 9.84 Å². The first-order valence-corrected chi connectivity index (χ1v) is 8.25. The van der Waals surface area contributed by atoms with Crippen LogP contribution in [0.15, 0.2) is 35.5 Å². The average molecular weight is 362 g/mol. The summed E-state index contributed by atoms with van der Waals surface area (Å²) in [6.45, 7) is 1.40. The number of nitrogens with zero attached hydrogens (tertiary/aromatic N) is 1. The van der Waals surface area contributed by atoms with E-state index in [0.717, 1.165) is 6.07 Å². The van der Waals surface area contributed by atoms with Gasteiger partial charge in [-0.1, -0.05) is 11.6 Å². The maximum absolute atomic E-state index is 13.8. The normalized spacial score (nSPS) is 21.0. The molecule has 0 aliphatic carbocycles. The Morgan fingerprint density at radius 1 is 1.35 bits per heavy atom. The maximum Gasteiger partial charge on any atom is 0.379 e. The molecule has 9 heteroatoms. The van der Waals surface area contributed by atoms with Crippen LogP contribution in [0.1, 0.15) is 17.2 Å².